The van der Waals surface area contributed by atoms with E-state index in [1.54, 1.807) is 0 Å². The van der Waals surface area contributed by atoms with E-state index in [0.29, 0.717) is 12.5 Å². The molecule has 1 aliphatic carbocycles. The van der Waals surface area contributed by atoms with Crippen molar-refractivity contribution in [1.82, 2.24) is 14.5 Å². The molecule has 0 amide bonds. The minimum absolute atomic E-state index is 0.0837. The summed E-state index contributed by atoms with van der Waals surface area (Å²) in [6.45, 7) is 8.27. The highest BCUT2D eigenvalue weighted by molar-refractivity contribution is 6.30. The Balaban J connectivity index is 1.59. The second-order valence-electron chi connectivity index (χ2n) is 9.66. The van der Waals surface area contributed by atoms with Crippen LogP contribution in [0.5, 0.6) is 0 Å². The van der Waals surface area contributed by atoms with Gasteiger partial charge in [0, 0.05) is 23.7 Å². The normalized spacial score (nSPS) is 18.4. The van der Waals surface area contributed by atoms with Gasteiger partial charge < -0.3 is 4.90 Å². The third kappa shape index (κ3) is 4.75. The van der Waals surface area contributed by atoms with E-state index < -0.39 is 0 Å². The molecule has 1 saturated heterocycles. The van der Waals surface area contributed by atoms with E-state index in [2.05, 4.69) is 49.1 Å². The van der Waals surface area contributed by atoms with Crippen LogP contribution in [0.3, 0.4) is 0 Å². The molecule has 1 aliphatic heterocycles. The summed E-state index contributed by atoms with van der Waals surface area (Å²) in [6.07, 6.45) is 6.04. The third-order valence-electron chi connectivity index (χ3n) is 7.25. The fraction of sp³-hybridized carbons (Fsp3) is 0.379. The summed E-state index contributed by atoms with van der Waals surface area (Å²) < 4.78 is 1.95. The fourth-order valence-corrected chi connectivity index (χ4v) is 5.40. The maximum Gasteiger partial charge on any atom is 0.261 e. The first-order chi connectivity index (χ1) is 16.5. The highest BCUT2D eigenvalue weighted by atomic mass is 35.5. The summed E-state index contributed by atoms with van der Waals surface area (Å²) in [4.78, 5) is 21.6. The highest BCUT2D eigenvalue weighted by Crippen LogP contribution is 2.31. The van der Waals surface area contributed by atoms with Crippen LogP contribution in [0.1, 0.15) is 48.6 Å². The smallest absolute Gasteiger partial charge is 0.261 e. The molecule has 0 radical (unpaired) electrons. The predicted molar refractivity (Wildman–Crippen MR) is 141 cm³/mol. The molecule has 0 saturated carbocycles. The van der Waals surface area contributed by atoms with Gasteiger partial charge in [-0.05, 0) is 81.0 Å². The van der Waals surface area contributed by atoms with E-state index in [-0.39, 0.29) is 5.56 Å². The van der Waals surface area contributed by atoms with Crippen molar-refractivity contribution in [1.29, 1.82) is 0 Å². The second kappa shape index (κ2) is 9.89. The molecule has 5 heteroatoms. The standard InChI is InChI=1S/C29H32ClN3O/c1-3-32-16-4-5-21(18-32)19-33-28(23-8-6-20(2)7-9-23)31-27-15-12-24(17-26(27)29(33)34)22-10-13-25(30)14-11-22/h6-11,13-14,17,21H,3-5,12,15-16,18-19H2,1-2H3. The lowest BCUT2D eigenvalue weighted by atomic mass is 9.91. The van der Waals surface area contributed by atoms with Crippen LogP contribution in [0, 0.1) is 12.8 Å². The van der Waals surface area contributed by atoms with Crippen LogP contribution in [0.15, 0.2) is 53.3 Å². The zero-order valence-corrected chi connectivity index (χ0v) is 20.8. The predicted octanol–water partition coefficient (Wildman–Crippen LogP) is 6.09. The first-order valence-corrected chi connectivity index (χ1v) is 12.8. The summed E-state index contributed by atoms with van der Waals surface area (Å²) in [5.74, 6) is 1.26. The SMILES string of the molecule is CCN1CCCC(Cn2c(-c3ccc(C)cc3)nc3c(c2=O)C=C(c2ccc(Cl)cc2)CC3)C1. The molecule has 1 unspecified atom stereocenters. The Hall–Kier alpha value is -2.69. The van der Waals surface area contributed by atoms with Crippen LogP contribution >= 0.6 is 11.6 Å². The third-order valence-corrected chi connectivity index (χ3v) is 7.50. The van der Waals surface area contributed by atoms with E-state index >= 15 is 0 Å². The molecule has 5 rings (SSSR count). The number of piperidine rings is 1. The number of nitrogens with zero attached hydrogens (tertiary/aromatic N) is 3. The lowest BCUT2D eigenvalue weighted by Crippen LogP contribution is -2.39. The van der Waals surface area contributed by atoms with Crippen LogP contribution in [0.4, 0.5) is 0 Å². The van der Waals surface area contributed by atoms with Crippen LogP contribution < -0.4 is 5.56 Å². The number of rotatable bonds is 5. The van der Waals surface area contributed by atoms with Gasteiger partial charge in [0.1, 0.15) is 5.82 Å². The van der Waals surface area contributed by atoms with Gasteiger partial charge in [-0.25, -0.2) is 4.98 Å². The average Bonchev–Trinajstić information content (AvgIpc) is 2.86. The summed E-state index contributed by atoms with van der Waals surface area (Å²) in [5.41, 5.74) is 6.25. The number of allylic oxidation sites excluding steroid dienone is 1. The summed E-state index contributed by atoms with van der Waals surface area (Å²) in [5, 5.41) is 0.723. The van der Waals surface area contributed by atoms with Crippen molar-refractivity contribution in [2.24, 2.45) is 5.92 Å². The van der Waals surface area contributed by atoms with Crippen molar-refractivity contribution in [3.8, 4) is 11.4 Å². The molecule has 2 aliphatic rings. The van der Waals surface area contributed by atoms with Crippen molar-refractivity contribution < 1.29 is 0 Å². The Kier molecular flexibility index (Phi) is 6.71. The number of hydrogen-bond acceptors (Lipinski definition) is 3. The molecule has 0 spiro atoms. The molecule has 0 bridgehead atoms. The minimum Gasteiger partial charge on any atom is -0.303 e. The van der Waals surface area contributed by atoms with Crippen molar-refractivity contribution >= 4 is 23.3 Å². The monoisotopic (exact) mass is 473 g/mol. The lowest BCUT2D eigenvalue weighted by Gasteiger charge is -2.32. The Morgan fingerprint density at radius 2 is 1.76 bits per heavy atom. The number of likely N-dealkylation sites (tertiary alicyclic amines) is 1. The average molecular weight is 474 g/mol. The molecule has 2 heterocycles. The fourth-order valence-electron chi connectivity index (χ4n) is 5.28. The number of hydrogen-bond donors (Lipinski definition) is 0. The number of benzene rings is 2. The first kappa shape index (κ1) is 23.1. The van der Waals surface area contributed by atoms with Gasteiger partial charge in [-0.3, -0.25) is 9.36 Å². The zero-order chi connectivity index (χ0) is 23.7. The van der Waals surface area contributed by atoms with Crippen LogP contribution in [0.2, 0.25) is 5.02 Å². The summed E-state index contributed by atoms with van der Waals surface area (Å²) in [6, 6.07) is 16.3. The van der Waals surface area contributed by atoms with E-state index in [0.717, 1.165) is 72.1 Å². The van der Waals surface area contributed by atoms with Gasteiger partial charge in [0.2, 0.25) is 0 Å². The van der Waals surface area contributed by atoms with Crippen molar-refractivity contribution in [2.75, 3.05) is 19.6 Å². The zero-order valence-electron chi connectivity index (χ0n) is 20.1. The highest BCUT2D eigenvalue weighted by Gasteiger charge is 2.25. The minimum atomic E-state index is 0.0837. The van der Waals surface area contributed by atoms with Crippen molar-refractivity contribution in [3.63, 3.8) is 0 Å². The Morgan fingerprint density at radius 3 is 2.50 bits per heavy atom. The molecule has 1 aromatic heterocycles. The van der Waals surface area contributed by atoms with E-state index in [9.17, 15) is 4.79 Å². The van der Waals surface area contributed by atoms with Crippen LogP contribution in [0.25, 0.3) is 23.0 Å². The van der Waals surface area contributed by atoms with Gasteiger partial charge in [-0.15, -0.1) is 0 Å². The molecular weight excluding hydrogens is 442 g/mol. The Morgan fingerprint density at radius 1 is 1.03 bits per heavy atom. The number of aryl methyl sites for hydroxylation is 2. The maximum atomic E-state index is 14.0. The van der Waals surface area contributed by atoms with E-state index in [1.807, 2.05) is 28.8 Å². The molecule has 2 aromatic carbocycles. The number of fused-ring (bicyclic) bond motifs is 1. The Labute approximate surface area is 206 Å². The molecule has 176 valence electrons. The van der Waals surface area contributed by atoms with Gasteiger partial charge in [-0.2, -0.15) is 0 Å². The molecular formula is C29H32ClN3O. The van der Waals surface area contributed by atoms with E-state index in [1.165, 1.54) is 17.6 Å². The summed E-state index contributed by atoms with van der Waals surface area (Å²) in [7, 11) is 0. The lowest BCUT2D eigenvalue weighted by molar-refractivity contribution is 0.169. The van der Waals surface area contributed by atoms with Gasteiger partial charge in [0.25, 0.3) is 5.56 Å². The quantitative estimate of drug-likeness (QED) is 0.450. The Bertz CT molecular complexity index is 1260. The topological polar surface area (TPSA) is 38.1 Å². The van der Waals surface area contributed by atoms with Crippen molar-refractivity contribution in [3.05, 3.63) is 86.3 Å². The molecule has 1 fully saturated rings. The number of halogens is 1. The van der Waals surface area contributed by atoms with Crippen LogP contribution in [-0.4, -0.2) is 34.1 Å². The first-order valence-electron chi connectivity index (χ1n) is 12.4. The van der Waals surface area contributed by atoms with Crippen LogP contribution in [-0.2, 0) is 13.0 Å². The largest absolute Gasteiger partial charge is 0.303 e. The van der Waals surface area contributed by atoms with Gasteiger partial charge >= 0.3 is 0 Å². The van der Waals surface area contributed by atoms with Gasteiger partial charge in [0.05, 0.1) is 11.3 Å². The summed E-state index contributed by atoms with van der Waals surface area (Å²) >= 11 is 6.09. The van der Waals surface area contributed by atoms with Crippen molar-refractivity contribution in [2.45, 2.75) is 46.1 Å². The molecule has 1 atom stereocenters. The van der Waals surface area contributed by atoms with E-state index in [4.69, 9.17) is 16.6 Å². The molecule has 34 heavy (non-hydrogen) atoms. The molecule has 3 aromatic rings. The number of aromatic nitrogens is 2. The molecule has 0 N–H and O–H groups in total. The van der Waals surface area contributed by atoms with Gasteiger partial charge in [-0.1, -0.05) is 60.5 Å². The molecule has 4 nitrogen and oxygen atoms in total. The second-order valence-corrected chi connectivity index (χ2v) is 10.1. The van der Waals surface area contributed by atoms with Gasteiger partial charge in [0.15, 0.2) is 0 Å². The maximum absolute atomic E-state index is 14.0.